The monoisotopic (exact) mass is 169 g/mol. The van der Waals surface area contributed by atoms with Crippen LogP contribution in [0.5, 0.6) is 0 Å². The molecule has 0 amide bonds. The zero-order chi connectivity index (χ0) is 7.28. The molecule has 0 aliphatic rings. The van der Waals surface area contributed by atoms with Crippen LogP contribution in [0, 0.1) is 0 Å². The van der Waals surface area contributed by atoms with Crippen molar-refractivity contribution in [3.8, 4) is 0 Å². The maximum absolute atomic E-state index is 10.8. The number of rotatable bonds is 4. The Bertz CT molecular complexity index is 62.6. The third kappa shape index (κ3) is 7.66. The molecule has 0 saturated heterocycles. The number of nitrogens with zero attached hydrogens (tertiary/aromatic N) is 1. The van der Waals surface area contributed by atoms with Crippen LogP contribution in [-0.4, -0.2) is 31.1 Å². The van der Waals surface area contributed by atoms with E-state index in [0.717, 1.165) is 13.0 Å². The molecular formula is C7H16KNO. The summed E-state index contributed by atoms with van der Waals surface area (Å²) in [5.74, 6) is 0. The quantitative estimate of drug-likeness (QED) is 0.422. The summed E-state index contributed by atoms with van der Waals surface area (Å²) in [4.78, 5) is 2.04. The minimum atomic E-state index is -0.394. The standard InChI is InChI=1S/C7H16NO.K/c1-4-7(9)6-8(3)5-2;/h7H,4-6H2,1-3H3;/q-1;+1. The molecule has 0 aromatic rings. The van der Waals surface area contributed by atoms with Crippen molar-refractivity contribution in [2.45, 2.75) is 26.4 Å². The van der Waals surface area contributed by atoms with E-state index in [1.165, 1.54) is 0 Å². The van der Waals surface area contributed by atoms with E-state index in [1.54, 1.807) is 0 Å². The molecule has 0 N–H and O–H groups in total. The number of hydrogen-bond donors (Lipinski definition) is 0. The zero-order valence-electron chi connectivity index (χ0n) is 7.55. The first-order valence-corrected chi connectivity index (χ1v) is 3.55. The summed E-state index contributed by atoms with van der Waals surface area (Å²) in [5, 5.41) is 10.8. The maximum Gasteiger partial charge on any atom is 1.00 e. The van der Waals surface area contributed by atoms with Crippen LogP contribution >= 0.6 is 0 Å². The van der Waals surface area contributed by atoms with E-state index in [4.69, 9.17) is 0 Å². The second kappa shape index (κ2) is 8.65. The van der Waals surface area contributed by atoms with Crippen LogP contribution in [0.3, 0.4) is 0 Å². The Hall–Kier alpha value is 1.56. The van der Waals surface area contributed by atoms with Crippen LogP contribution in [0.15, 0.2) is 0 Å². The molecule has 2 nitrogen and oxygen atoms in total. The van der Waals surface area contributed by atoms with Gasteiger partial charge in [0, 0.05) is 0 Å². The summed E-state index contributed by atoms with van der Waals surface area (Å²) < 4.78 is 0. The van der Waals surface area contributed by atoms with Crippen LogP contribution in [-0.2, 0) is 0 Å². The van der Waals surface area contributed by atoms with Gasteiger partial charge >= 0.3 is 51.4 Å². The number of hydrogen-bond acceptors (Lipinski definition) is 2. The molecule has 10 heavy (non-hydrogen) atoms. The zero-order valence-corrected chi connectivity index (χ0v) is 10.7. The molecule has 0 bridgehead atoms. The summed E-state index contributed by atoms with van der Waals surface area (Å²) in [6.45, 7) is 5.65. The van der Waals surface area contributed by atoms with Crippen LogP contribution in [0.2, 0.25) is 0 Å². The van der Waals surface area contributed by atoms with E-state index in [2.05, 4.69) is 6.92 Å². The Kier molecular flexibility index (Phi) is 12.2. The molecule has 0 heterocycles. The second-order valence-electron chi connectivity index (χ2n) is 2.39. The summed E-state index contributed by atoms with van der Waals surface area (Å²) in [6, 6.07) is 0. The van der Waals surface area contributed by atoms with Gasteiger partial charge in [0.1, 0.15) is 0 Å². The summed E-state index contributed by atoms with van der Waals surface area (Å²) in [5.41, 5.74) is 0. The summed E-state index contributed by atoms with van der Waals surface area (Å²) in [7, 11) is 1.97. The second-order valence-corrected chi connectivity index (χ2v) is 2.39. The Balaban J connectivity index is 0. The third-order valence-electron chi connectivity index (χ3n) is 1.51. The molecule has 0 aromatic heterocycles. The van der Waals surface area contributed by atoms with Gasteiger partial charge in [-0.3, -0.25) is 0 Å². The van der Waals surface area contributed by atoms with E-state index in [9.17, 15) is 5.11 Å². The van der Waals surface area contributed by atoms with Gasteiger partial charge in [-0.05, 0) is 20.1 Å². The van der Waals surface area contributed by atoms with Gasteiger partial charge in [-0.15, -0.1) is 6.10 Å². The van der Waals surface area contributed by atoms with Gasteiger partial charge in [-0.1, -0.05) is 20.3 Å². The molecule has 0 spiro atoms. The fourth-order valence-electron chi connectivity index (χ4n) is 0.606. The fraction of sp³-hybridized carbons (Fsp3) is 1.00. The van der Waals surface area contributed by atoms with Gasteiger partial charge in [0.15, 0.2) is 0 Å². The first-order valence-electron chi connectivity index (χ1n) is 3.55. The van der Waals surface area contributed by atoms with Crippen molar-refractivity contribution in [1.29, 1.82) is 0 Å². The van der Waals surface area contributed by atoms with Crippen LogP contribution < -0.4 is 56.5 Å². The Morgan fingerprint density at radius 2 is 1.90 bits per heavy atom. The van der Waals surface area contributed by atoms with Crippen molar-refractivity contribution in [2.24, 2.45) is 0 Å². The van der Waals surface area contributed by atoms with Crippen molar-refractivity contribution in [1.82, 2.24) is 4.90 Å². The van der Waals surface area contributed by atoms with Crippen LogP contribution in [0.4, 0.5) is 0 Å². The van der Waals surface area contributed by atoms with Crippen LogP contribution in [0.25, 0.3) is 0 Å². The van der Waals surface area contributed by atoms with Gasteiger partial charge in [0.2, 0.25) is 0 Å². The average molecular weight is 169 g/mol. The van der Waals surface area contributed by atoms with Gasteiger partial charge in [0.25, 0.3) is 0 Å². The molecule has 1 atom stereocenters. The molecule has 0 aliphatic heterocycles. The number of likely N-dealkylation sites (N-methyl/N-ethyl adjacent to an activating group) is 1. The summed E-state index contributed by atoms with van der Waals surface area (Å²) >= 11 is 0. The van der Waals surface area contributed by atoms with Crippen molar-refractivity contribution >= 4 is 0 Å². The maximum atomic E-state index is 10.8. The van der Waals surface area contributed by atoms with E-state index < -0.39 is 6.10 Å². The Morgan fingerprint density at radius 1 is 1.40 bits per heavy atom. The van der Waals surface area contributed by atoms with Crippen molar-refractivity contribution in [2.75, 3.05) is 20.1 Å². The SMILES string of the molecule is CCC([O-])CN(C)CC.[K+]. The molecule has 56 valence electrons. The minimum Gasteiger partial charge on any atom is -0.851 e. The average Bonchev–Trinajstić information content (AvgIpc) is 1.87. The molecule has 0 fully saturated rings. The molecule has 1 unspecified atom stereocenters. The van der Waals surface area contributed by atoms with Crippen molar-refractivity contribution in [3.05, 3.63) is 0 Å². The molecule has 0 saturated carbocycles. The molecule has 0 aromatic carbocycles. The Morgan fingerprint density at radius 3 is 2.20 bits per heavy atom. The first-order chi connectivity index (χ1) is 4.20. The van der Waals surface area contributed by atoms with E-state index in [0.29, 0.717) is 6.54 Å². The van der Waals surface area contributed by atoms with E-state index in [-0.39, 0.29) is 51.4 Å². The summed E-state index contributed by atoms with van der Waals surface area (Å²) in [6.07, 6.45) is 0.347. The van der Waals surface area contributed by atoms with Gasteiger partial charge in [-0.25, -0.2) is 0 Å². The van der Waals surface area contributed by atoms with Crippen LogP contribution in [0.1, 0.15) is 20.3 Å². The van der Waals surface area contributed by atoms with Gasteiger partial charge in [0.05, 0.1) is 0 Å². The minimum absolute atomic E-state index is 0. The van der Waals surface area contributed by atoms with Crippen molar-refractivity contribution < 1.29 is 56.5 Å². The van der Waals surface area contributed by atoms with Gasteiger partial charge < -0.3 is 10.0 Å². The predicted octanol–water partition coefficient (Wildman–Crippen LogP) is -2.92. The smallest absolute Gasteiger partial charge is 0.851 e. The predicted molar refractivity (Wildman–Crippen MR) is 37.2 cm³/mol. The molecule has 0 radical (unpaired) electrons. The van der Waals surface area contributed by atoms with E-state index >= 15 is 0 Å². The molecular weight excluding hydrogens is 153 g/mol. The van der Waals surface area contributed by atoms with E-state index in [1.807, 2.05) is 18.9 Å². The topological polar surface area (TPSA) is 26.3 Å². The Labute approximate surface area is 106 Å². The third-order valence-corrected chi connectivity index (χ3v) is 1.51. The van der Waals surface area contributed by atoms with Crippen molar-refractivity contribution in [3.63, 3.8) is 0 Å². The first kappa shape index (κ1) is 14.1. The van der Waals surface area contributed by atoms with Gasteiger partial charge in [-0.2, -0.15) is 0 Å². The normalized spacial score (nSPS) is 12.9. The molecule has 3 heteroatoms. The molecule has 0 rings (SSSR count). The largest absolute Gasteiger partial charge is 1.00 e. The molecule has 0 aliphatic carbocycles. The fourth-order valence-corrected chi connectivity index (χ4v) is 0.606.